The molecule has 0 aliphatic carbocycles. The van der Waals surface area contributed by atoms with Crippen LogP contribution in [0.1, 0.15) is 20.8 Å². The van der Waals surface area contributed by atoms with E-state index in [1.54, 1.807) is 13.8 Å². The van der Waals surface area contributed by atoms with Crippen LogP contribution < -0.4 is 0 Å². The highest BCUT2D eigenvalue weighted by Crippen LogP contribution is 2.25. The standard InChI is InChI=1S/C7H12N2O4/c1-4-7(2,3)9(13)6(11)5(10)8(4)12/h4,12-13H,1-3H3. The molecule has 1 aliphatic rings. The lowest BCUT2D eigenvalue weighted by Crippen LogP contribution is -2.67. The van der Waals surface area contributed by atoms with Gasteiger partial charge in [-0.25, -0.2) is 10.1 Å². The molecule has 0 bridgehead atoms. The summed E-state index contributed by atoms with van der Waals surface area (Å²) < 4.78 is 0. The maximum Gasteiger partial charge on any atom is 0.338 e. The van der Waals surface area contributed by atoms with E-state index in [4.69, 9.17) is 0 Å². The Labute approximate surface area is 75.3 Å². The first-order valence-electron chi connectivity index (χ1n) is 3.85. The largest absolute Gasteiger partial charge is 0.338 e. The molecule has 0 saturated carbocycles. The van der Waals surface area contributed by atoms with Crippen molar-refractivity contribution >= 4 is 11.8 Å². The van der Waals surface area contributed by atoms with Gasteiger partial charge >= 0.3 is 11.8 Å². The number of hydrogen-bond acceptors (Lipinski definition) is 4. The summed E-state index contributed by atoms with van der Waals surface area (Å²) in [6.07, 6.45) is 0. The fraction of sp³-hybridized carbons (Fsp3) is 0.714. The molecular formula is C7H12N2O4. The number of carbonyl (C=O) groups excluding carboxylic acids is 2. The van der Waals surface area contributed by atoms with Crippen LogP contribution in [0.15, 0.2) is 0 Å². The summed E-state index contributed by atoms with van der Waals surface area (Å²) in [6.45, 7) is 4.63. The lowest BCUT2D eigenvalue weighted by Gasteiger charge is -2.44. The predicted molar refractivity (Wildman–Crippen MR) is 40.8 cm³/mol. The normalized spacial score (nSPS) is 28.2. The summed E-state index contributed by atoms with van der Waals surface area (Å²) >= 11 is 0. The number of piperazine rings is 1. The molecule has 2 amide bonds. The van der Waals surface area contributed by atoms with Crippen LogP contribution >= 0.6 is 0 Å². The average Bonchev–Trinajstić information content (AvgIpc) is 2.09. The van der Waals surface area contributed by atoms with Crippen LogP contribution in [0.2, 0.25) is 0 Å². The first-order valence-corrected chi connectivity index (χ1v) is 3.85. The van der Waals surface area contributed by atoms with Crippen molar-refractivity contribution in [2.75, 3.05) is 0 Å². The molecule has 0 aromatic carbocycles. The molecule has 74 valence electrons. The first kappa shape index (κ1) is 9.94. The highest BCUT2D eigenvalue weighted by atomic mass is 16.5. The van der Waals surface area contributed by atoms with Crippen molar-refractivity contribution in [1.82, 2.24) is 10.1 Å². The zero-order chi connectivity index (χ0) is 10.4. The minimum Gasteiger partial charge on any atom is -0.285 e. The maximum absolute atomic E-state index is 11.0. The Bertz CT molecular complexity index is 263. The lowest BCUT2D eigenvalue weighted by atomic mass is 9.92. The van der Waals surface area contributed by atoms with Crippen LogP contribution in [-0.4, -0.2) is 43.9 Å². The van der Waals surface area contributed by atoms with Gasteiger partial charge < -0.3 is 0 Å². The topological polar surface area (TPSA) is 81.1 Å². The number of hydrogen-bond donors (Lipinski definition) is 2. The fourth-order valence-corrected chi connectivity index (χ4v) is 1.10. The zero-order valence-corrected chi connectivity index (χ0v) is 7.68. The van der Waals surface area contributed by atoms with Gasteiger partial charge in [0.25, 0.3) is 0 Å². The quantitative estimate of drug-likeness (QED) is 0.400. The van der Waals surface area contributed by atoms with Gasteiger partial charge in [0, 0.05) is 0 Å². The van der Waals surface area contributed by atoms with Crippen molar-refractivity contribution in [2.24, 2.45) is 0 Å². The molecule has 1 fully saturated rings. The van der Waals surface area contributed by atoms with E-state index in [0.29, 0.717) is 10.1 Å². The number of carbonyl (C=O) groups is 2. The van der Waals surface area contributed by atoms with Gasteiger partial charge in [-0.3, -0.25) is 20.0 Å². The van der Waals surface area contributed by atoms with E-state index in [1.807, 2.05) is 0 Å². The predicted octanol–water partition coefficient (Wildman–Crippen LogP) is -0.397. The number of nitrogens with zero attached hydrogens (tertiary/aromatic N) is 2. The highest BCUT2D eigenvalue weighted by Gasteiger charge is 2.49. The van der Waals surface area contributed by atoms with E-state index in [9.17, 15) is 20.0 Å². The summed E-state index contributed by atoms with van der Waals surface area (Å²) in [6, 6.07) is -0.650. The molecule has 6 nitrogen and oxygen atoms in total. The average molecular weight is 188 g/mol. The Kier molecular flexibility index (Phi) is 2.05. The Balaban J connectivity index is 3.07. The molecule has 1 heterocycles. The van der Waals surface area contributed by atoms with Crippen LogP contribution in [0.3, 0.4) is 0 Å². The molecule has 6 heteroatoms. The second-order valence-electron chi connectivity index (χ2n) is 3.60. The number of amides is 2. The smallest absolute Gasteiger partial charge is 0.285 e. The second-order valence-corrected chi connectivity index (χ2v) is 3.60. The second kappa shape index (κ2) is 2.68. The molecule has 0 radical (unpaired) electrons. The molecule has 0 aromatic heterocycles. The monoisotopic (exact) mass is 188 g/mol. The molecule has 2 N–H and O–H groups in total. The van der Waals surface area contributed by atoms with E-state index in [1.165, 1.54) is 6.92 Å². The molecular weight excluding hydrogens is 176 g/mol. The van der Waals surface area contributed by atoms with Gasteiger partial charge in [0.05, 0.1) is 11.6 Å². The Hall–Kier alpha value is -1.14. The third-order valence-electron chi connectivity index (χ3n) is 2.52. The van der Waals surface area contributed by atoms with Crippen LogP contribution in [0, 0.1) is 0 Å². The van der Waals surface area contributed by atoms with Gasteiger partial charge in [0.2, 0.25) is 0 Å². The van der Waals surface area contributed by atoms with Gasteiger partial charge in [-0.1, -0.05) is 0 Å². The number of rotatable bonds is 0. The Morgan fingerprint density at radius 2 is 1.69 bits per heavy atom. The van der Waals surface area contributed by atoms with Crippen LogP contribution in [-0.2, 0) is 9.59 Å². The van der Waals surface area contributed by atoms with Crippen molar-refractivity contribution in [3.8, 4) is 0 Å². The van der Waals surface area contributed by atoms with E-state index in [-0.39, 0.29) is 0 Å². The molecule has 1 saturated heterocycles. The summed E-state index contributed by atoms with van der Waals surface area (Å²) in [5.41, 5.74) is -0.986. The minimum absolute atomic E-state index is 0.342. The van der Waals surface area contributed by atoms with Gasteiger partial charge in [0.1, 0.15) is 0 Å². The Morgan fingerprint density at radius 3 is 2.15 bits per heavy atom. The third kappa shape index (κ3) is 1.18. The highest BCUT2D eigenvalue weighted by molar-refractivity contribution is 6.35. The van der Waals surface area contributed by atoms with E-state index >= 15 is 0 Å². The van der Waals surface area contributed by atoms with Gasteiger partial charge in [-0.15, -0.1) is 0 Å². The van der Waals surface area contributed by atoms with Gasteiger partial charge in [-0.2, -0.15) is 0 Å². The zero-order valence-electron chi connectivity index (χ0n) is 7.68. The fourth-order valence-electron chi connectivity index (χ4n) is 1.10. The molecule has 1 aliphatic heterocycles. The van der Waals surface area contributed by atoms with E-state index < -0.39 is 23.4 Å². The van der Waals surface area contributed by atoms with Crippen LogP contribution in [0.4, 0.5) is 0 Å². The molecule has 1 unspecified atom stereocenters. The summed E-state index contributed by atoms with van der Waals surface area (Å²) in [7, 11) is 0. The SMILES string of the molecule is CC1N(O)C(=O)C(=O)N(O)C1(C)C. The summed E-state index contributed by atoms with van der Waals surface area (Å²) in [5.74, 6) is -2.24. The minimum atomic E-state index is -1.12. The van der Waals surface area contributed by atoms with Crippen LogP contribution in [0.5, 0.6) is 0 Å². The molecule has 1 atom stereocenters. The van der Waals surface area contributed by atoms with Gasteiger partial charge in [-0.05, 0) is 20.8 Å². The molecule has 0 aromatic rings. The van der Waals surface area contributed by atoms with Crippen molar-refractivity contribution in [3.05, 3.63) is 0 Å². The molecule has 0 spiro atoms. The van der Waals surface area contributed by atoms with Crippen molar-refractivity contribution < 1.29 is 20.0 Å². The van der Waals surface area contributed by atoms with E-state index in [2.05, 4.69) is 0 Å². The maximum atomic E-state index is 11.0. The van der Waals surface area contributed by atoms with Crippen molar-refractivity contribution in [2.45, 2.75) is 32.4 Å². The summed E-state index contributed by atoms with van der Waals surface area (Å²) in [4.78, 5) is 22.0. The lowest BCUT2D eigenvalue weighted by molar-refractivity contribution is -0.247. The molecule has 1 rings (SSSR count). The summed E-state index contributed by atoms with van der Waals surface area (Å²) in [5, 5.41) is 19.2. The van der Waals surface area contributed by atoms with Gasteiger partial charge in [0.15, 0.2) is 0 Å². The first-order chi connectivity index (χ1) is 5.80. The van der Waals surface area contributed by atoms with E-state index in [0.717, 1.165) is 0 Å². The van der Waals surface area contributed by atoms with Crippen LogP contribution in [0.25, 0.3) is 0 Å². The molecule has 13 heavy (non-hydrogen) atoms. The Morgan fingerprint density at radius 1 is 1.23 bits per heavy atom. The number of hydroxylamine groups is 4. The third-order valence-corrected chi connectivity index (χ3v) is 2.52. The van der Waals surface area contributed by atoms with Crippen molar-refractivity contribution in [1.29, 1.82) is 0 Å². The van der Waals surface area contributed by atoms with Crippen molar-refractivity contribution in [3.63, 3.8) is 0 Å².